The van der Waals surface area contributed by atoms with E-state index in [1.165, 1.54) is 39.9 Å². The lowest BCUT2D eigenvalue weighted by Gasteiger charge is -2.08. The lowest BCUT2D eigenvalue weighted by Crippen LogP contribution is -2.18. The van der Waals surface area contributed by atoms with Crippen LogP contribution in [0.5, 0.6) is 0 Å². The summed E-state index contributed by atoms with van der Waals surface area (Å²) in [5.41, 5.74) is 1.07. The van der Waals surface area contributed by atoms with Crippen molar-refractivity contribution >= 4 is 55.9 Å². The van der Waals surface area contributed by atoms with Crippen LogP contribution in [-0.2, 0) is 9.84 Å². The molecule has 5 heterocycles. The van der Waals surface area contributed by atoms with Crippen molar-refractivity contribution in [3.05, 3.63) is 87.1 Å². The second-order valence-corrected chi connectivity index (χ2v) is 12.1. The minimum absolute atomic E-state index is 0. The molecule has 5 aromatic rings. The zero-order valence-corrected chi connectivity index (χ0v) is 22.9. The van der Waals surface area contributed by atoms with Crippen molar-refractivity contribution in [1.29, 1.82) is 0 Å². The third kappa shape index (κ3) is 7.81. The Morgan fingerprint density at radius 3 is 2.03 bits per heavy atom. The van der Waals surface area contributed by atoms with Crippen molar-refractivity contribution in [3.8, 4) is 27.0 Å². The molecule has 0 aliphatic heterocycles. The average molecular weight is 608 g/mol. The molecule has 0 aromatic carbocycles. The first-order valence-corrected chi connectivity index (χ1v) is 15.4. The first-order valence-electron chi connectivity index (χ1n) is 10.2. The second kappa shape index (κ2) is 13.8. The second-order valence-electron chi connectivity index (χ2n) is 7.09. The number of rotatable bonds is 5. The summed E-state index contributed by atoms with van der Waals surface area (Å²) in [7, 11) is -3.59. The molecule has 0 atom stereocenters. The highest BCUT2D eigenvalue weighted by Crippen LogP contribution is 2.26. The summed E-state index contributed by atoms with van der Waals surface area (Å²) in [5, 5.41) is 4.79. The molecule has 0 amide bonds. The fourth-order valence-electron chi connectivity index (χ4n) is 2.91. The van der Waals surface area contributed by atoms with Gasteiger partial charge in [0.2, 0.25) is 15.0 Å². The summed E-state index contributed by atoms with van der Waals surface area (Å²) in [5.74, 6) is 0.226. The largest absolute Gasteiger partial charge is 0.269 e. The SMILES string of the molecule is C.C.CS(=O)(=O)c1nc(-c2cccs2)cc(-n2ccccc2=O)n1.CSc1nc(Cl)cc(-c2cccs2)n1. The van der Waals surface area contributed by atoms with Gasteiger partial charge in [-0.1, -0.05) is 56.4 Å². The average Bonchev–Trinajstić information content (AvgIpc) is 3.58. The zero-order valence-electron chi connectivity index (χ0n) is 18.9. The van der Waals surface area contributed by atoms with Gasteiger partial charge in [0.1, 0.15) is 11.0 Å². The number of pyridine rings is 1. The molecule has 0 radical (unpaired) electrons. The predicted molar refractivity (Wildman–Crippen MR) is 160 cm³/mol. The molecule has 0 bridgehead atoms. The highest BCUT2D eigenvalue weighted by atomic mass is 35.5. The van der Waals surface area contributed by atoms with Gasteiger partial charge in [-0.3, -0.25) is 9.36 Å². The Labute approximate surface area is 239 Å². The number of halogens is 1. The van der Waals surface area contributed by atoms with E-state index in [0.717, 1.165) is 21.7 Å². The number of thiophene rings is 2. The van der Waals surface area contributed by atoms with Crippen molar-refractivity contribution in [3.63, 3.8) is 0 Å². The van der Waals surface area contributed by atoms with Gasteiger partial charge < -0.3 is 0 Å². The van der Waals surface area contributed by atoms with Crippen molar-refractivity contribution in [2.45, 2.75) is 25.2 Å². The smallest absolute Gasteiger partial charge is 0.256 e. The Morgan fingerprint density at radius 2 is 1.50 bits per heavy atom. The number of sulfone groups is 1. The first kappa shape index (κ1) is 31.3. The van der Waals surface area contributed by atoms with Crippen LogP contribution in [0.15, 0.2) is 86.7 Å². The van der Waals surface area contributed by atoms with E-state index >= 15 is 0 Å². The van der Waals surface area contributed by atoms with E-state index in [9.17, 15) is 13.2 Å². The molecule has 200 valence electrons. The molecule has 5 rings (SSSR count). The molecular weight excluding hydrogens is 582 g/mol. The maximum absolute atomic E-state index is 11.9. The lowest BCUT2D eigenvalue weighted by atomic mass is 10.3. The van der Waals surface area contributed by atoms with Gasteiger partial charge in [0.15, 0.2) is 5.16 Å². The minimum Gasteiger partial charge on any atom is -0.269 e. The first-order chi connectivity index (χ1) is 17.2. The summed E-state index contributed by atoms with van der Waals surface area (Å²) in [4.78, 5) is 30.4. The van der Waals surface area contributed by atoms with Crippen LogP contribution in [0, 0.1) is 0 Å². The van der Waals surface area contributed by atoms with Crippen molar-refractivity contribution in [2.24, 2.45) is 0 Å². The van der Waals surface area contributed by atoms with Crippen LogP contribution in [-0.4, -0.2) is 45.4 Å². The molecule has 0 saturated carbocycles. The number of aromatic nitrogens is 5. The van der Waals surface area contributed by atoms with Crippen LogP contribution < -0.4 is 5.56 Å². The molecular formula is C25H26ClN5O3S4. The van der Waals surface area contributed by atoms with Crippen LogP contribution in [0.1, 0.15) is 14.9 Å². The molecule has 8 nitrogen and oxygen atoms in total. The number of thioether (sulfide) groups is 1. The predicted octanol–water partition coefficient (Wildman–Crippen LogP) is 6.61. The summed E-state index contributed by atoms with van der Waals surface area (Å²) in [6.07, 6.45) is 4.51. The van der Waals surface area contributed by atoms with E-state index in [4.69, 9.17) is 11.6 Å². The van der Waals surface area contributed by atoms with E-state index < -0.39 is 9.84 Å². The van der Waals surface area contributed by atoms with E-state index in [1.54, 1.807) is 35.6 Å². The van der Waals surface area contributed by atoms with Gasteiger partial charge in [0, 0.05) is 30.7 Å². The highest BCUT2D eigenvalue weighted by molar-refractivity contribution is 7.98. The quantitative estimate of drug-likeness (QED) is 0.125. The molecule has 38 heavy (non-hydrogen) atoms. The standard InChI is InChI=1S/C14H11N3O3S2.C9H7ClN2S2.2CH4/c1-22(19,20)14-15-10(11-5-4-8-21-11)9-12(16-14)17-7-3-2-6-13(17)18;1-13-9-11-6(5-8(10)12-9)7-3-2-4-14-7;;/h2-9H,1H3;2-5H,1H3;2*1H4. The fraction of sp³-hybridized carbons (Fsp3) is 0.160. The van der Waals surface area contributed by atoms with Crippen LogP contribution in [0.2, 0.25) is 5.15 Å². The van der Waals surface area contributed by atoms with Crippen LogP contribution in [0.25, 0.3) is 27.0 Å². The third-order valence-electron chi connectivity index (χ3n) is 4.50. The Hall–Kier alpha value is -2.90. The van der Waals surface area contributed by atoms with Gasteiger partial charge >= 0.3 is 0 Å². The van der Waals surface area contributed by atoms with Crippen LogP contribution in [0.4, 0.5) is 0 Å². The number of hydrogen-bond acceptors (Lipinski definition) is 10. The monoisotopic (exact) mass is 607 g/mol. The van der Waals surface area contributed by atoms with Crippen molar-refractivity contribution < 1.29 is 8.42 Å². The minimum atomic E-state index is -3.59. The summed E-state index contributed by atoms with van der Waals surface area (Å²) >= 11 is 10.5. The molecule has 0 N–H and O–H groups in total. The molecule has 13 heteroatoms. The molecule has 5 aromatic heterocycles. The van der Waals surface area contributed by atoms with E-state index in [0.29, 0.717) is 16.0 Å². The van der Waals surface area contributed by atoms with Gasteiger partial charge in [-0.15, -0.1) is 22.7 Å². The van der Waals surface area contributed by atoms with Crippen molar-refractivity contribution in [2.75, 3.05) is 12.5 Å². The van der Waals surface area contributed by atoms with Gasteiger partial charge in [-0.25, -0.2) is 28.4 Å². The maximum Gasteiger partial charge on any atom is 0.256 e. The fourth-order valence-corrected chi connectivity index (χ4v) is 5.42. The highest BCUT2D eigenvalue weighted by Gasteiger charge is 2.16. The maximum atomic E-state index is 11.9. The summed E-state index contributed by atoms with van der Waals surface area (Å²) in [6, 6.07) is 15.7. The van der Waals surface area contributed by atoms with Gasteiger partial charge in [0.25, 0.3) is 5.56 Å². The van der Waals surface area contributed by atoms with E-state index in [1.807, 2.05) is 41.3 Å². The van der Waals surface area contributed by atoms with Gasteiger partial charge in [0.05, 0.1) is 21.1 Å². The van der Waals surface area contributed by atoms with E-state index in [2.05, 4.69) is 19.9 Å². The van der Waals surface area contributed by atoms with Crippen LogP contribution >= 0.6 is 46.0 Å². The Bertz CT molecular complexity index is 1640. The Balaban J connectivity index is 0.000000276. The van der Waals surface area contributed by atoms with E-state index in [-0.39, 0.29) is 31.4 Å². The Morgan fingerprint density at radius 1 is 0.868 bits per heavy atom. The molecule has 0 aliphatic carbocycles. The number of nitrogens with zero attached hydrogens (tertiary/aromatic N) is 5. The van der Waals surface area contributed by atoms with Crippen molar-refractivity contribution in [1.82, 2.24) is 24.5 Å². The normalized spacial score (nSPS) is 10.5. The molecule has 0 aliphatic rings. The molecule has 0 unspecified atom stereocenters. The molecule has 0 fully saturated rings. The Kier molecular flexibility index (Phi) is 11.3. The molecule has 0 spiro atoms. The zero-order chi connectivity index (χ0) is 25.7. The third-order valence-corrected chi connectivity index (χ3v) is 7.87. The summed E-state index contributed by atoms with van der Waals surface area (Å²) < 4.78 is 24.9. The molecule has 0 saturated heterocycles. The summed E-state index contributed by atoms with van der Waals surface area (Å²) in [6.45, 7) is 0. The number of hydrogen-bond donors (Lipinski definition) is 0. The van der Waals surface area contributed by atoms with Gasteiger partial charge in [-0.2, -0.15) is 0 Å². The van der Waals surface area contributed by atoms with Gasteiger partial charge in [-0.05, 0) is 35.2 Å². The van der Waals surface area contributed by atoms with Crippen LogP contribution in [0.3, 0.4) is 0 Å². The topological polar surface area (TPSA) is 108 Å². The lowest BCUT2D eigenvalue weighted by molar-refractivity contribution is 0.592.